The molecule has 2 N–H and O–H groups in total. The molecule has 4 nitrogen and oxygen atoms in total. The van der Waals surface area contributed by atoms with Crippen LogP contribution in [0.25, 0.3) is 10.9 Å². The number of aromatic amines is 1. The third-order valence-electron chi connectivity index (χ3n) is 5.16. The van der Waals surface area contributed by atoms with E-state index >= 15 is 0 Å². The summed E-state index contributed by atoms with van der Waals surface area (Å²) in [6.07, 6.45) is 9.94. The predicted molar refractivity (Wildman–Crippen MR) is 95.5 cm³/mol. The Bertz CT molecular complexity index is 653. The molecule has 0 radical (unpaired) electrons. The van der Waals surface area contributed by atoms with E-state index in [-0.39, 0.29) is 12.4 Å². The maximum atomic E-state index is 6.33. The zero-order chi connectivity index (χ0) is 14.9. The van der Waals surface area contributed by atoms with Gasteiger partial charge in [0.15, 0.2) is 0 Å². The van der Waals surface area contributed by atoms with Gasteiger partial charge in [-0.3, -0.25) is 5.10 Å². The first-order valence-electron chi connectivity index (χ1n) is 8.62. The van der Waals surface area contributed by atoms with Gasteiger partial charge in [-0.05, 0) is 70.0 Å². The summed E-state index contributed by atoms with van der Waals surface area (Å²) in [6, 6.07) is 4.78. The number of fused-ring (bicyclic) bond motifs is 1. The number of halogens is 1. The van der Waals surface area contributed by atoms with Gasteiger partial charge in [0.1, 0.15) is 11.9 Å². The van der Waals surface area contributed by atoms with E-state index < -0.39 is 0 Å². The molecule has 1 aromatic heterocycles. The van der Waals surface area contributed by atoms with Gasteiger partial charge in [-0.15, -0.1) is 12.4 Å². The Morgan fingerprint density at radius 2 is 2.13 bits per heavy atom. The lowest BCUT2D eigenvalue weighted by atomic mass is 9.92. The second-order valence-electron chi connectivity index (χ2n) is 6.97. The summed E-state index contributed by atoms with van der Waals surface area (Å²) < 4.78 is 6.33. The number of aromatic nitrogens is 2. The van der Waals surface area contributed by atoms with E-state index in [2.05, 4.69) is 34.6 Å². The highest BCUT2D eigenvalue weighted by Crippen LogP contribution is 2.31. The monoisotopic (exact) mass is 335 g/mol. The number of nitrogens with one attached hydrogen (secondary N) is 2. The van der Waals surface area contributed by atoms with Crippen LogP contribution in [0.3, 0.4) is 0 Å². The Morgan fingerprint density at radius 3 is 2.96 bits per heavy atom. The van der Waals surface area contributed by atoms with Crippen LogP contribution >= 0.6 is 12.4 Å². The molecule has 5 heteroatoms. The molecule has 1 aromatic carbocycles. The van der Waals surface area contributed by atoms with Crippen LogP contribution in [0.2, 0.25) is 0 Å². The Morgan fingerprint density at radius 1 is 1.26 bits per heavy atom. The molecule has 0 bridgehead atoms. The molecule has 2 aliphatic carbocycles. The van der Waals surface area contributed by atoms with E-state index in [9.17, 15) is 0 Å². The first-order valence-corrected chi connectivity index (χ1v) is 8.62. The predicted octanol–water partition coefficient (Wildman–Crippen LogP) is 3.98. The standard InChI is InChI=1S/C18H25N3O.ClH/c1-12-16-11-20-21-17(16)7-8-18(12)22-15-4-2-3-14(9-15)19-10-13-5-6-13;/h7-8,11,13-15,19H,2-6,9-10H2,1H3,(H,20,21);1H. The van der Waals surface area contributed by atoms with Gasteiger partial charge in [0.05, 0.1) is 11.7 Å². The van der Waals surface area contributed by atoms with Crippen molar-refractivity contribution in [3.05, 3.63) is 23.9 Å². The minimum absolute atomic E-state index is 0. The first-order chi connectivity index (χ1) is 10.8. The summed E-state index contributed by atoms with van der Waals surface area (Å²) in [5.74, 6) is 1.97. The summed E-state index contributed by atoms with van der Waals surface area (Å²) in [5.41, 5.74) is 2.27. The highest BCUT2D eigenvalue weighted by molar-refractivity contribution is 5.85. The van der Waals surface area contributed by atoms with E-state index in [0.717, 1.165) is 29.0 Å². The smallest absolute Gasteiger partial charge is 0.123 e. The molecule has 1 heterocycles. The average Bonchev–Trinajstić information content (AvgIpc) is 3.24. The Balaban J connectivity index is 0.00000156. The fourth-order valence-electron chi connectivity index (χ4n) is 3.54. The topological polar surface area (TPSA) is 49.9 Å². The highest BCUT2D eigenvalue weighted by Gasteiger charge is 2.26. The maximum Gasteiger partial charge on any atom is 0.123 e. The van der Waals surface area contributed by atoms with Crippen LogP contribution in [0, 0.1) is 12.8 Å². The van der Waals surface area contributed by atoms with Gasteiger partial charge < -0.3 is 10.1 Å². The quantitative estimate of drug-likeness (QED) is 0.868. The van der Waals surface area contributed by atoms with Crippen molar-refractivity contribution in [2.75, 3.05) is 6.54 Å². The average molecular weight is 336 g/mol. The highest BCUT2D eigenvalue weighted by atomic mass is 35.5. The van der Waals surface area contributed by atoms with Crippen LogP contribution in [-0.2, 0) is 0 Å². The van der Waals surface area contributed by atoms with E-state index in [0.29, 0.717) is 12.1 Å². The van der Waals surface area contributed by atoms with Crippen molar-refractivity contribution in [1.82, 2.24) is 15.5 Å². The molecule has 2 fully saturated rings. The molecule has 4 rings (SSSR count). The van der Waals surface area contributed by atoms with Crippen molar-refractivity contribution < 1.29 is 4.74 Å². The number of H-pyrrole nitrogens is 1. The molecule has 2 aliphatic rings. The molecule has 126 valence electrons. The van der Waals surface area contributed by atoms with E-state index in [1.54, 1.807) is 0 Å². The Kier molecular flexibility index (Phi) is 5.12. The molecule has 0 amide bonds. The number of ether oxygens (including phenoxy) is 1. The molecule has 2 saturated carbocycles. The van der Waals surface area contributed by atoms with Crippen LogP contribution in [-0.4, -0.2) is 28.9 Å². The molecule has 0 aliphatic heterocycles. The lowest BCUT2D eigenvalue weighted by Gasteiger charge is -2.30. The van der Waals surface area contributed by atoms with E-state index in [1.165, 1.54) is 44.2 Å². The SMILES string of the molecule is Cc1c(OC2CCCC(NCC3CC3)C2)ccc2[nH]ncc12.Cl. The van der Waals surface area contributed by atoms with Gasteiger partial charge in [0.25, 0.3) is 0 Å². The minimum Gasteiger partial charge on any atom is -0.490 e. The van der Waals surface area contributed by atoms with Crippen molar-refractivity contribution in [3.8, 4) is 5.75 Å². The number of hydrogen-bond donors (Lipinski definition) is 2. The minimum atomic E-state index is 0. The van der Waals surface area contributed by atoms with Gasteiger partial charge in [0, 0.05) is 17.0 Å². The van der Waals surface area contributed by atoms with Gasteiger partial charge in [-0.1, -0.05) is 0 Å². The number of rotatable bonds is 5. The molecule has 0 spiro atoms. The largest absolute Gasteiger partial charge is 0.490 e. The van der Waals surface area contributed by atoms with Gasteiger partial charge in [-0.2, -0.15) is 5.10 Å². The zero-order valence-corrected chi connectivity index (χ0v) is 14.5. The van der Waals surface area contributed by atoms with Crippen molar-refractivity contribution in [3.63, 3.8) is 0 Å². The number of benzene rings is 1. The van der Waals surface area contributed by atoms with Crippen LogP contribution in [0.1, 0.15) is 44.1 Å². The molecule has 2 unspecified atom stereocenters. The number of aryl methyl sites for hydroxylation is 1. The van der Waals surface area contributed by atoms with E-state index in [1.807, 2.05) is 6.20 Å². The summed E-state index contributed by atoms with van der Waals surface area (Å²) in [7, 11) is 0. The molecule has 0 saturated heterocycles. The fourth-order valence-corrected chi connectivity index (χ4v) is 3.54. The van der Waals surface area contributed by atoms with Crippen LogP contribution in [0.15, 0.2) is 18.3 Å². The van der Waals surface area contributed by atoms with Crippen molar-refractivity contribution in [1.29, 1.82) is 0 Å². The Hall–Kier alpha value is -1.26. The van der Waals surface area contributed by atoms with E-state index in [4.69, 9.17) is 4.74 Å². The lowest BCUT2D eigenvalue weighted by Crippen LogP contribution is -2.39. The molecule has 2 aromatic rings. The second-order valence-corrected chi connectivity index (χ2v) is 6.97. The summed E-state index contributed by atoms with van der Waals surface area (Å²) in [4.78, 5) is 0. The van der Waals surface area contributed by atoms with Crippen molar-refractivity contribution in [2.45, 2.75) is 57.6 Å². The third-order valence-corrected chi connectivity index (χ3v) is 5.16. The van der Waals surface area contributed by atoms with Gasteiger partial charge in [0.2, 0.25) is 0 Å². The van der Waals surface area contributed by atoms with Crippen LogP contribution in [0.4, 0.5) is 0 Å². The van der Waals surface area contributed by atoms with Gasteiger partial charge in [-0.25, -0.2) is 0 Å². The summed E-state index contributed by atoms with van der Waals surface area (Å²) in [6.45, 7) is 3.33. The number of nitrogens with zero attached hydrogens (tertiary/aromatic N) is 1. The Labute approximate surface area is 143 Å². The van der Waals surface area contributed by atoms with Crippen LogP contribution < -0.4 is 10.1 Å². The maximum absolute atomic E-state index is 6.33. The van der Waals surface area contributed by atoms with Crippen LogP contribution in [0.5, 0.6) is 5.75 Å². The summed E-state index contributed by atoms with van der Waals surface area (Å²) >= 11 is 0. The third kappa shape index (κ3) is 3.81. The van der Waals surface area contributed by atoms with Crippen molar-refractivity contribution in [2.24, 2.45) is 5.92 Å². The lowest BCUT2D eigenvalue weighted by molar-refractivity contribution is 0.134. The molecular formula is C18H26ClN3O. The number of hydrogen-bond acceptors (Lipinski definition) is 3. The fraction of sp³-hybridized carbons (Fsp3) is 0.611. The zero-order valence-electron chi connectivity index (χ0n) is 13.7. The normalized spacial score (nSPS) is 24.4. The molecule has 2 atom stereocenters. The first kappa shape index (κ1) is 16.6. The molecular weight excluding hydrogens is 310 g/mol. The van der Waals surface area contributed by atoms with Crippen molar-refractivity contribution >= 4 is 23.3 Å². The van der Waals surface area contributed by atoms with Gasteiger partial charge >= 0.3 is 0 Å². The summed E-state index contributed by atoms with van der Waals surface area (Å²) in [5, 5.41) is 12.0. The second kappa shape index (κ2) is 7.10. The molecule has 23 heavy (non-hydrogen) atoms.